The van der Waals surface area contributed by atoms with Crippen molar-refractivity contribution in [3.8, 4) is 0 Å². The number of para-hydroxylation sites is 1. The Morgan fingerprint density at radius 1 is 1.29 bits per heavy atom. The summed E-state index contributed by atoms with van der Waals surface area (Å²) in [6, 6.07) is 10.4. The predicted octanol–water partition coefficient (Wildman–Crippen LogP) is 3.29. The van der Waals surface area contributed by atoms with Gasteiger partial charge in [-0.15, -0.1) is 0 Å². The third-order valence-corrected chi connectivity index (χ3v) is 3.10. The highest BCUT2D eigenvalue weighted by molar-refractivity contribution is 7.29. The largest absolute Gasteiger partial charge is 0.336 e. The molecule has 0 atom stereocenters. The lowest BCUT2D eigenvalue weighted by atomic mass is 10.2. The average Bonchev–Trinajstić information content (AvgIpc) is 2.73. The minimum atomic E-state index is 0.139. The van der Waals surface area contributed by atoms with Crippen LogP contribution in [0.2, 0.25) is 0 Å². The molecular weight excluding hydrogens is 193 g/mol. The summed E-state index contributed by atoms with van der Waals surface area (Å²) in [4.78, 5) is 0. The molecular formula is C11H8NOP. The van der Waals surface area contributed by atoms with E-state index < -0.39 is 0 Å². The first-order valence-electron chi connectivity index (χ1n) is 4.51. The van der Waals surface area contributed by atoms with Crippen LogP contribution in [0.1, 0.15) is 5.69 Å². The van der Waals surface area contributed by atoms with Crippen LogP contribution in [0.5, 0.6) is 0 Å². The quantitative estimate of drug-likeness (QED) is 0.649. The molecule has 3 heteroatoms. The second kappa shape index (κ2) is 2.79. The number of rotatable bonds is 1. The fourth-order valence-electron chi connectivity index (χ4n) is 1.96. The number of fused-ring (bicyclic) bond motifs is 3. The van der Waals surface area contributed by atoms with Gasteiger partial charge >= 0.3 is 0 Å². The monoisotopic (exact) mass is 201 g/mol. The van der Waals surface area contributed by atoms with Gasteiger partial charge in [-0.05, 0) is 18.2 Å². The number of benzene rings is 1. The Balaban J connectivity index is 2.29. The molecule has 0 N–H and O–H groups in total. The first-order chi connectivity index (χ1) is 6.88. The van der Waals surface area contributed by atoms with E-state index in [-0.39, 0.29) is 8.46 Å². The third-order valence-electron chi connectivity index (χ3n) is 2.59. The van der Waals surface area contributed by atoms with E-state index in [1.54, 1.807) is 0 Å². The van der Waals surface area contributed by atoms with Gasteiger partial charge in [0.1, 0.15) is 0 Å². The van der Waals surface area contributed by atoms with Crippen molar-refractivity contribution in [1.29, 1.82) is 0 Å². The molecule has 3 rings (SSSR count). The zero-order valence-corrected chi connectivity index (χ0v) is 8.37. The standard InChI is InChI=1S/C11H8NOP/c13-14-10-6-9-5-8-3-1-2-4-11(8)12(9)7-10/h1-6H,7H2. The number of allylic oxidation sites excluding steroid dienone is 1. The van der Waals surface area contributed by atoms with E-state index >= 15 is 0 Å². The Morgan fingerprint density at radius 3 is 3.00 bits per heavy atom. The maximum Gasteiger partial charge on any atom is 0.189 e. The van der Waals surface area contributed by atoms with Gasteiger partial charge in [0.25, 0.3) is 0 Å². The summed E-state index contributed by atoms with van der Waals surface area (Å²) in [6.45, 7) is 0.758. The Hall–Kier alpha value is -1.40. The smallest absolute Gasteiger partial charge is 0.189 e. The normalized spacial score (nSPS) is 14.7. The van der Waals surface area contributed by atoms with Gasteiger partial charge in [-0.1, -0.05) is 18.2 Å². The lowest BCUT2D eigenvalue weighted by Gasteiger charge is -1.99. The Labute approximate surface area is 83.1 Å². The summed E-state index contributed by atoms with van der Waals surface area (Å²) in [5, 5.41) is 2.20. The molecule has 14 heavy (non-hydrogen) atoms. The van der Waals surface area contributed by atoms with Crippen LogP contribution in [0.4, 0.5) is 0 Å². The lowest BCUT2D eigenvalue weighted by Crippen LogP contribution is -1.92. The van der Waals surface area contributed by atoms with Crippen LogP contribution in [-0.4, -0.2) is 4.57 Å². The van der Waals surface area contributed by atoms with Crippen LogP contribution < -0.4 is 0 Å². The molecule has 1 aromatic heterocycles. The average molecular weight is 201 g/mol. The fourth-order valence-corrected chi connectivity index (χ4v) is 2.35. The molecule has 1 aromatic carbocycles. The minimum Gasteiger partial charge on any atom is -0.336 e. The van der Waals surface area contributed by atoms with Crippen molar-refractivity contribution in [2.24, 2.45) is 0 Å². The van der Waals surface area contributed by atoms with Gasteiger partial charge in [0, 0.05) is 21.9 Å². The van der Waals surface area contributed by atoms with Gasteiger partial charge in [0.2, 0.25) is 0 Å². The summed E-state index contributed by atoms with van der Waals surface area (Å²) in [5.41, 5.74) is 2.38. The number of aromatic nitrogens is 1. The van der Waals surface area contributed by atoms with E-state index in [0.717, 1.165) is 17.6 Å². The molecule has 0 bridgehead atoms. The highest BCUT2D eigenvalue weighted by Crippen LogP contribution is 2.31. The molecule has 0 saturated carbocycles. The van der Waals surface area contributed by atoms with Gasteiger partial charge in [-0.2, -0.15) is 0 Å². The summed E-state index contributed by atoms with van der Waals surface area (Å²) in [7, 11) is 0.139. The molecule has 0 fully saturated rings. The molecule has 0 aliphatic carbocycles. The molecule has 0 radical (unpaired) electrons. The van der Waals surface area contributed by atoms with E-state index in [0.29, 0.717) is 0 Å². The van der Waals surface area contributed by atoms with E-state index in [2.05, 4.69) is 22.8 Å². The first kappa shape index (κ1) is 7.95. The molecule has 1 aliphatic heterocycles. The van der Waals surface area contributed by atoms with Crippen LogP contribution in [0.15, 0.2) is 35.6 Å². The highest BCUT2D eigenvalue weighted by atomic mass is 31.1. The summed E-state index contributed by atoms with van der Waals surface area (Å²) in [6.07, 6.45) is 1.99. The van der Waals surface area contributed by atoms with Gasteiger partial charge < -0.3 is 4.57 Å². The van der Waals surface area contributed by atoms with Crippen LogP contribution in [0, 0.1) is 0 Å². The van der Waals surface area contributed by atoms with Gasteiger partial charge in [-0.25, -0.2) is 0 Å². The van der Waals surface area contributed by atoms with Crippen molar-refractivity contribution in [3.05, 3.63) is 41.3 Å². The van der Waals surface area contributed by atoms with Crippen molar-refractivity contribution < 1.29 is 4.57 Å². The third kappa shape index (κ3) is 0.978. The van der Waals surface area contributed by atoms with E-state index in [1.165, 1.54) is 10.9 Å². The molecule has 0 spiro atoms. The topological polar surface area (TPSA) is 22.0 Å². The van der Waals surface area contributed by atoms with Crippen molar-refractivity contribution in [2.45, 2.75) is 6.54 Å². The van der Waals surface area contributed by atoms with Gasteiger partial charge in [0.15, 0.2) is 8.46 Å². The van der Waals surface area contributed by atoms with Crippen LogP contribution in [0.3, 0.4) is 0 Å². The fraction of sp³-hybridized carbons (Fsp3) is 0.0909. The molecule has 0 unspecified atom stereocenters. The van der Waals surface area contributed by atoms with Crippen LogP contribution in [-0.2, 0) is 11.1 Å². The molecule has 1 aliphatic rings. The summed E-state index contributed by atoms with van der Waals surface area (Å²) < 4.78 is 12.9. The summed E-state index contributed by atoms with van der Waals surface area (Å²) in [5.74, 6) is 0. The zero-order valence-electron chi connectivity index (χ0n) is 7.47. The number of nitrogens with zero attached hydrogens (tertiary/aromatic N) is 1. The maximum absolute atomic E-state index is 10.7. The van der Waals surface area contributed by atoms with Crippen molar-refractivity contribution in [1.82, 2.24) is 4.57 Å². The SMILES string of the molecule is O=PC1=Cc2cc3ccccc3n2C1. The van der Waals surface area contributed by atoms with Gasteiger partial charge in [0.05, 0.1) is 6.54 Å². The van der Waals surface area contributed by atoms with Crippen LogP contribution >= 0.6 is 8.46 Å². The van der Waals surface area contributed by atoms with E-state index in [9.17, 15) is 4.57 Å². The Morgan fingerprint density at radius 2 is 2.14 bits per heavy atom. The first-order valence-corrected chi connectivity index (χ1v) is 5.32. The molecule has 2 nitrogen and oxygen atoms in total. The number of hydrogen-bond acceptors (Lipinski definition) is 1. The van der Waals surface area contributed by atoms with E-state index in [1.807, 2.05) is 18.2 Å². The molecule has 0 saturated heterocycles. The van der Waals surface area contributed by atoms with Crippen molar-refractivity contribution in [3.63, 3.8) is 0 Å². The highest BCUT2D eigenvalue weighted by Gasteiger charge is 2.14. The molecule has 68 valence electrons. The molecule has 2 aromatic rings. The molecule has 2 heterocycles. The second-order valence-corrected chi connectivity index (χ2v) is 4.20. The lowest BCUT2D eigenvalue weighted by molar-refractivity contribution is 0.600. The zero-order chi connectivity index (χ0) is 9.54. The van der Waals surface area contributed by atoms with Crippen LogP contribution in [0.25, 0.3) is 17.0 Å². The minimum absolute atomic E-state index is 0.139. The molecule has 0 amide bonds. The maximum atomic E-state index is 10.7. The van der Waals surface area contributed by atoms with Gasteiger partial charge in [-0.3, -0.25) is 4.57 Å². The second-order valence-electron chi connectivity index (χ2n) is 3.44. The Kier molecular flexibility index (Phi) is 1.59. The predicted molar refractivity (Wildman–Crippen MR) is 57.5 cm³/mol. The number of hydrogen-bond donors (Lipinski definition) is 0. The van der Waals surface area contributed by atoms with E-state index in [4.69, 9.17) is 0 Å². The van der Waals surface area contributed by atoms with Crippen molar-refractivity contribution >= 4 is 25.4 Å². The Bertz CT molecular complexity index is 553. The summed E-state index contributed by atoms with van der Waals surface area (Å²) >= 11 is 0. The van der Waals surface area contributed by atoms with Crippen molar-refractivity contribution in [2.75, 3.05) is 0 Å².